The van der Waals surface area contributed by atoms with Crippen LogP contribution in [0, 0.1) is 11.3 Å². The average molecular weight is 392 g/mol. The summed E-state index contributed by atoms with van der Waals surface area (Å²) >= 11 is 0. The Bertz CT molecular complexity index is 959. The van der Waals surface area contributed by atoms with Crippen LogP contribution in [0.1, 0.15) is 43.4 Å². The van der Waals surface area contributed by atoms with Gasteiger partial charge in [-0.05, 0) is 49.6 Å². The maximum absolute atomic E-state index is 13.2. The van der Waals surface area contributed by atoms with Gasteiger partial charge in [-0.3, -0.25) is 9.69 Å². The Labute approximate surface area is 170 Å². The molecule has 0 unspecified atom stereocenters. The summed E-state index contributed by atoms with van der Waals surface area (Å²) in [5.74, 6) is 0.245. The Morgan fingerprint density at radius 2 is 1.90 bits per heavy atom. The Kier molecular flexibility index (Phi) is 4.93. The van der Waals surface area contributed by atoms with Gasteiger partial charge in [-0.2, -0.15) is 5.26 Å². The van der Waals surface area contributed by atoms with Gasteiger partial charge in [0.15, 0.2) is 11.5 Å². The molecule has 0 saturated carbocycles. The quantitative estimate of drug-likeness (QED) is 0.741. The smallest absolute Gasteiger partial charge is 0.325 e. The van der Waals surface area contributed by atoms with E-state index in [1.807, 2.05) is 68.1 Å². The summed E-state index contributed by atoms with van der Waals surface area (Å²) in [6, 6.07) is 15.3. The van der Waals surface area contributed by atoms with Crippen LogP contribution in [0.2, 0.25) is 0 Å². The van der Waals surface area contributed by atoms with Gasteiger partial charge < -0.3 is 14.2 Å². The molecule has 2 aliphatic rings. The standard InChI is InChI=1S/C23H24N2O4/c1-23(2,3)29-22(26)21-18(11-24)17-10-20-19(27-14-28-20)9-16(17)13-25(21)12-15-7-5-4-6-8-15/h4-10,18,21H,12-14H2,1-3H3/t18-,21-/m0/s1. The lowest BCUT2D eigenvalue weighted by molar-refractivity contribution is -0.163. The van der Waals surface area contributed by atoms with Crippen molar-refractivity contribution >= 4 is 5.97 Å². The first kappa shape index (κ1) is 19.3. The second kappa shape index (κ2) is 7.41. The van der Waals surface area contributed by atoms with Crippen LogP contribution in [0.4, 0.5) is 0 Å². The van der Waals surface area contributed by atoms with E-state index in [0.29, 0.717) is 24.6 Å². The van der Waals surface area contributed by atoms with Crippen LogP contribution in [0.15, 0.2) is 42.5 Å². The van der Waals surface area contributed by atoms with Gasteiger partial charge >= 0.3 is 5.97 Å². The molecule has 0 bridgehead atoms. The molecule has 0 amide bonds. The normalized spacial score (nSPS) is 20.6. The molecule has 2 heterocycles. The minimum Gasteiger partial charge on any atom is -0.459 e. The first-order valence-electron chi connectivity index (χ1n) is 9.68. The van der Waals surface area contributed by atoms with Gasteiger partial charge in [-0.1, -0.05) is 30.3 Å². The van der Waals surface area contributed by atoms with Gasteiger partial charge in [0.2, 0.25) is 6.79 Å². The number of nitriles is 1. The molecule has 0 saturated heterocycles. The van der Waals surface area contributed by atoms with Crippen molar-refractivity contribution in [3.8, 4) is 17.6 Å². The highest BCUT2D eigenvalue weighted by Gasteiger charge is 2.43. The molecule has 2 aromatic carbocycles. The predicted octanol–water partition coefficient (Wildman–Crippen LogP) is 3.75. The number of fused-ring (bicyclic) bond motifs is 2. The zero-order valence-corrected chi connectivity index (χ0v) is 16.8. The van der Waals surface area contributed by atoms with Crippen molar-refractivity contribution in [1.29, 1.82) is 5.26 Å². The van der Waals surface area contributed by atoms with Crippen molar-refractivity contribution in [2.24, 2.45) is 0 Å². The van der Waals surface area contributed by atoms with E-state index in [1.165, 1.54) is 0 Å². The highest BCUT2D eigenvalue weighted by Crippen LogP contribution is 2.42. The minimum absolute atomic E-state index is 0.165. The first-order valence-corrected chi connectivity index (χ1v) is 9.68. The molecule has 6 nitrogen and oxygen atoms in total. The van der Waals surface area contributed by atoms with E-state index in [1.54, 1.807) is 0 Å². The summed E-state index contributed by atoms with van der Waals surface area (Å²) in [6.45, 7) is 6.73. The Hall–Kier alpha value is -3.04. The summed E-state index contributed by atoms with van der Waals surface area (Å²) in [5, 5.41) is 10.0. The maximum Gasteiger partial charge on any atom is 0.325 e. The number of ether oxygens (including phenoxy) is 3. The van der Waals surface area contributed by atoms with Crippen LogP contribution in [0.3, 0.4) is 0 Å². The number of hydrogen-bond acceptors (Lipinski definition) is 6. The van der Waals surface area contributed by atoms with E-state index in [-0.39, 0.29) is 12.8 Å². The third-order valence-corrected chi connectivity index (χ3v) is 5.07. The molecule has 6 heteroatoms. The fourth-order valence-corrected chi connectivity index (χ4v) is 3.88. The van der Waals surface area contributed by atoms with Gasteiger partial charge in [0.1, 0.15) is 11.6 Å². The number of nitrogens with zero attached hydrogens (tertiary/aromatic N) is 2. The molecule has 0 aromatic heterocycles. The molecule has 150 valence electrons. The fourth-order valence-electron chi connectivity index (χ4n) is 3.88. The molecule has 4 rings (SSSR count). The molecule has 0 N–H and O–H groups in total. The lowest BCUT2D eigenvalue weighted by atomic mass is 9.83. The first-order chi connectivity index (χ1) is 13.9. The third-order valence-electron chi connectivity index (χ3n) is 5.07. The number of esters is 1. The number of carbonyl (C=O) groups is 1. The van der Waals surface area contributed by atoms with E-state index >= 15 is 0 Å². The highest BCUT2D eigenvalue weighted by atomic mass is 16.7. The Morgan fingerprint density at radius 1 is 1.21 bits per heavy atom. The average Bonchev–Trinajstić information content (AvgIpc) is 3.12. The summed E-state index contributed by atoms with van der Waals surface area (Å²) in [5.41, 5.74) is 2.21. The van der Waals surface area contributed by atoms with Gasteiger partial charge in [0.05, 0.1) is 12.0 Å². The van der Waals surface area contributed by atoms with Gasteiger partial charge in [-0.25, -0.2) is 0 Å². The molecule has 0 radical (unpaired) electrons. The van der Waals surface area contributed by atoms with Crippen LogP contribution in [-0.2, 0) is 22.6 Å². The topological polar surface area (TPSA) is 71.8 Å². The maximum atomic E-state index is 13.2. The van der Waals surface area contributed by atoms with E-state index in [9.17, 15) is 10.1 Å². The van der Waals surface area contributed by atoms with Crippen molar-refractivity contribution in [2.45, 2.75) is 51.4 Å². The van der Waals surface area contributed by atoms with Crippen molar-refractivity contribution in [1.82, 2.24) is 4.90 Å². The van der Waals surface area contributed by atoms with E-state index in [2.05, 4.69) is 6.07 Å². The molecule has 2 aromatic rings. The van der Waals surface area contributed by atoms with E-state index in [4.69, 9.17) is 14.2 Å². The summed E-state index contributed by atoms with van der Waals surface area (Å²) < 4.78 is 16.7. The molecule has 0 spiro atoms. The fraction of sp³-hybridized carbons (Fsp3) is 0.391. The minimum atomic E-state index is -0.702. The third kappa shape index (κ3) is 3.92. The van der Waals surface area contributed by atoms with Crippen molar-refractivity contribution in [2.75, 3.05) is 6.79 Å². The lowest BCUT2D eigenvalue weighted by Gasteiger charge is -2.39. The number of benzene rings is 2. The van der Waals surface area contributed by atoms with E-state index in [0.717, 1.165) is 16.7 Å². The second-order valence-corrected chi connectivity index (χ2v) is 8.38. The van der Waals surface area contributed by atoms with Crippen molar-refractivity contribution in [3.05, 3.63) is 59.2 Å². The number of hydrogen-bond donors (Lipinski definition) is 0. The summed E-state index contributed by atoms with van der Waals surface area (Å²) in [7, 11) is 0. The molecule has 29 heavy (non-hydrogen) atoms. The number of carbonyl (C=O) groups excluding carboxylic acids is 1. The van der Waals surface area contributed by atoms with Crippen LogP contribution in [0.5, 0.6) is 11.5 Å². The molecule has 2 atom stereocenters. The van der Waals surface area contributed by atoms with Crippen molar-refractivity contribution < 1.29 is 19.0 Å². The van der Waals surface area contributed by atoms with Crippen LogP contribution >= 0.6 is 0 Å². The highest BCUT2D eigenvalue weighted by molar-refractivity contribution is 5.79. The zero-order valence-electron chi connectivity index (χ0n) is 16.8. The van der Waals surface area contributed by atoms with Crippen molar-refractivity contribution in [3.63, 3.8) is 0 Å². The van der Waals surface area contributed by atoms with E-state index < -0.39 is 17.6 Å². The van der Waals surface area contributed by atoms with Crippen LogP contribution in [-0.4, -0.2) is 29.3 Å². The summed E-state index contributed by atoms with van der Waals surface area (Å²) in [4.78, 5) is 15.2. The lowest BCUT2D eigenvalue weighted by Crippen LogP contribution is -2.49. The molecule has 2 aliphatic heterocycles. The van der Waals surface area contributed by atoms with Gasteiger partial charge in [0, 0.05) is 13.1 Å². The summed E-state index contributed by atoms with van der Waals surface area (Å²) in [6.07, 6.45) is 0. The van der Waals surface area contributed by atoms with Gasteiger partial charge in [0.25, 0.3) is 0 Å². The molecular weight excluding hydrogens is 368 g/mol. The SMILES string of the molecule is CC(C)(C)OC(=O)[C@@H]1[C@@H](C#N)c2cc3c(cc2CN1Cc1ccccc1)OCO3. The van der Waals surface area contributed by atoms with Gasteiger partial charge in [-0.15, -0.1) is 0 Å². The number of rotatable bonds is 3. The molecular formula is C23H24N2O4. The zero-order chi connectivity index (χ0) is 20.6. The van der Waals surface area contributed by atoms with Crippen LogP contribution in [0.25, 0.3) is 0 Å². The monoisotopic (exact) mass is 392 g/mol. The molecule has 0 fully saturated rings. The second-order valence-electron chi connectivity index (χ2n) is 8.38. The van der Waals surface area contributed by atoms with Crippen LogP contribution < -0.4 is 9.47 Å². The Balaban J connectivity index is 1.75. The molecule has 0 aliphatic carbocycles. The predicted molar refractivity (Wildman–Crippen MR) is 106 cm³/mol. The largest absolute Gasteiger partial charge is 0.459 e. The Morgan fingerprint density at radius 3 is 2.55 bits per heavy atom.